The number of hydrogen-bond acceptors (Lipinski definition) is 4. The molecule has 1 fully saturated rings. The van der Waals surface area contributed by atoms with Gasteiger partial charge in [-0.15, -0.1) is 0 Å². The third kappa shape index (κ3) is 3.10. The van der Waals surface area contributed by atoms with Crippen LogP contribution in [0.5, 0.6) is 0 Å². The molecular formula is C17H20BrN3O3. The van der Waals surface area contributed by atoms with Crippen molar-refractivity contribution in [3.8, 4) is 0 Å². The average Bonchev–Trinajstić information content (AvgIpc) is 3.16. The second kappa shape index (κ2) is 7.03. The number of imide groups is 1. The number of fused-ring (bicyclic) bond motifs is 1. The minimum absolute atomic E-state index is 0.141. The van der Waals surface area contributed by atoms with Crippen LogP contribution in [0.25, 0.3) is 0 Å². The van der Waals surface area contributed by atoms with E-state index < -0.39 is 11.8 Å². The molecule has 0 saturated carbocycles. The molecule has 3 rings (SSSR count). The summed E-state index contributed by atoms with van der Waals surface area (Å²) in [5, 5.41) is 3.25. The fourth-order valence-electron chi connectivity index (χ4n) is 3.29. The van der Waals surface area contributed by atoms with Gasteiger partial charge in [0.15, 0.2) is 0 Å². The Morgan fingerprint density at radius 2 is 2.08 bits per heavy atom. The molecule has 128 valence electrons. The molecule has 24 heavy (non-hydrogen) atoms. The van der Waals surface area contributed by atoms with Gasteiger partial charge in [-0.25, -0.2) is 0 Å². The second-order valence-corrected chi connectivity index (χ2v) is 7.04. The zero-order valence-corrected chi connectivity index (χ0v) is 15.1. The lowest BCUT2D eigenvalue weighted by molar-refractivity contribution is -0.133. The van der Waals surface area contributed by atoms with Gasteiger partial charge in [0.2, 0.25) is 5.91 Å². The van der Waals surface area contributed by atoms with Gasteiger partial charge in [0, 0.05) is 23.6 Å². The predicted octanol–water partition coefficient (Wildman–Crippen LogP) is 1.65. The van der Waals surface area contributed by atoms with E-state index in [1.807, 2.05) is 6.92 Å². The van der Waals surface area contributed by atoms with Crippen LogP contribution < -0.4 is 5.32 Å². The van der Waals surface area contributed by atoms with Crippen molar-refractivity contribution in [3.63, 3.8) is 0 Å². The summed E-state index contributed by atoms with van der Waals surface area (Å²) in [6.45, 7) is 4.11. The van der Waals surface area contributed by atoms with Crippen LogP contribution in [0.15, 0.2) is 22.7 Å². The lowest BCUT2D eigenvalue weighted by Crippen LogP contribution is -2.48. The van der Waals surface area contributed by atoms with Gasteiger partial charge in [-0.3, -0.25) is 19.3 Å². The Morgan fingerprint density at radius 1 is 1.33 bits per heavy atom. The van der Waals surface area contributed by atoms with E-state index in [1.165, 1.54) is 0 Å². The summed E-state index contributed by atoms with van der Waals surface area (Å²) < 4.78 is 0.736. The zero-order chi connectivity index (χ0) is 17.3. The monoisotopic (exact) mass is 393 g/mol. The molecule has 0 aromatic heterocycles. The van der Waals surface area contributed by atoms with E-state index in [0.717, 1.165) is 35.3 Å². The fourth-order valence-corrected chi connectivity index (χ4v) is 3.65. The van der Waals surface area contributed by atoms with Crippen molar-refractivity contribution in [2.45, 2.75) is 25.8 Å². The van der Waals surface area contributed by atoms with Crippen LogP contribution in [0.1, 0.15) is 40.5 Å². The van der Waals surface area contributed by atoms with Gasteiger partial charge in [0.1, 0.15) is 6.54 Å². The molecule has 6 nitrogen and oxygen atoms in total. The number of hydrogen-bond donors (Lipinski definition) is 1. The molecule has 2 aliphatic heterocycles. The molecule has 0 aliphatic carbocycles. The van der Waals surface area contributed by atoms with Gasteiger partial charge < -0.3 is 10.2 Å². The molecule has 0 spiro atoms. The molecular weight excluding hydrogens is 374 g/mol. The highest BCUT2D eigenvalue weighted by atomic mass is 79.9. The van der Waals surface area contributed by atoms with Crippen LogP contribution in [0.4, 0.5) is 0 Å². The van der Waals surface area contributed by atoms with E-state index in [1.54, 1.807) is 23.1 Å². The number of rotatable bonds is 5. The van der Waals surface area contributed by atoms with Crippen molar-refractivity contribution < 1.29 is 14.4 Å². The van der Waals surface area contributed by atoms with Crippen LogP contribution in [-0.2, 0) is 4.79 Å². The summed E-state index contributed by atoms with van der Waals surface area (Å²) in [6, 6.07) is 5.12. The summed E-state index contributed by atoms with van der Waals surface area (Å²) in [5.41, 5.74) is 0.715. The summed E-state index contributed by atoms with van der Waals surface area (Å²) in [7, 11) is 0. The number of carbonyl (C=O) groups excluding carboxylic acids is 3. The standard InChI is InChI=1S/C17H20BrN3O3/c1-2-7-20(12-5-6-19-9-12)15(22)10-21-16(23)13-4-3-11(18)8-14(13)17(21)24/h3-4,8,12,19H,2,5-7,9-10H2,1H3. The number of carbonyl (C=O) groups is 3. The van der Waals surface area contributed by atoms with Crippen molar-refractivity contribution in [1.82, 2.24) is 15.1 Å². The second-order valence-electron chi connectivity index (χ2n) is 6.12. The first-order valence-electron chi connectivity index (χ1n) is 8.19. The predicted molar refractivity (Wildman–Crippen MR) is 92.8 cm³/mol. The summed E-state index contributed by atoms with van der Waals surface area (Å²) in [4.78, 5) is 40.6. The van der Waals surface area contributed by atoms with Crippen molar-refractivity contribution in [3.05, 3.63) is 33.8 Å². The maximum atomic E-state index is 12.7. The molecule has 0 bridgehead atoms. The third-order valence-corrected chi connectivity index (χ3v) is 4.98. The van der Waals surface area contributed by atoms with Crippen LogP contribution in [-0.4, -0.2) is 59.7 Å². The van der Waals surface area contributed by atoms with E-state index in [-0.39, 0.29) is 18.5 Å². The Hall–Kier alpha value is -1.73. The lowest BCUT2D eigenvalue weighted by Gasteiger charge is -2.29. The molecule has 3 amide bonds. The minimum Gasteiger partial charge on any atom is -0.337 e. The van der Waals surface area contributed by atoms with Crippen LogP contribution in [0.2, 0.25) is 0 Å². The third-order valence-electron chi connectivity index (χ3n) is 4.49. The number of nitrogens with zero attached hydrogens (tertiary/aromatic N) is 2. The zero-order valence-electron chi connectivity index (χ0n) is 13.5. The maximum absolute atomic E-state index is 12.7. The van der Waals surface area contributed by atoms with E-state index in [9.17, 15) is 14.4 Å². The molecule has 2 heterocycles. The number of benzene rings is 1. The van der Waals surface area contributed by atoms with Crippen molar-refractivity contribution in [2.75, 3.05) is 26.2 Å². The molecule has 0 radical (unpaired) electrons. The average molecular weight is 394 g/mol. The molecule has 1 saturated heterocycles. The van der Waals surface area contributed by atoms with Gasteiger partial charge in [0.05, 0.1) is 11.1 Å². The van der Waals surface area contributed by atoms with Crippen LogP contribution in [0.3, 0.4) is 0 Å². The van der Waals surface area contributed by atoms with Crippen molar-refractivity contribution in [2.24, 2.45) is 0 Å². The summed E-state index contributed by atoms with van der Waals surface area (Å²) in [6.07, 6.45) is 1.75. The Bertz CT molecular complexity index is 686. The SMILES string of the molecule is CCCN(C(=O)CN1C(=O)c2ccc(Br)cc2C1=O)C1CCNC1. The maximum Gasteiger partial charge on any atom is 0.262 e. The van der Waals surface area contributed by atoms with Gasteiger partial charge in [-0.05, 0) is 37.6 Å². The van der Waals surface area contributed by atoms with Gasteiger partial charge in [-0.2, -0.15) is 0 Å². The van der Waals surface area contributed by atoms with Gasteiger partial charge in [0.25, 0.3) is 11.8 Å². The number of amides is 3. The number of halogens is 1. The highest BCUT2D eigenvalue weighted by Crippen LogP contribution is 2.26. The van der Waals surface area contributed by atoms with E-state index >= 15 is 0 Å². The highest BCUT2D eigenvalue weighted by Gasteiger charge is 2.38. The molecule has 1 aromatic carbocycles. The summed E-state index contributed by atoms with van der Waals surface area (Å²) >= 11 is 3.31. The quantitative estimate of drug-likeness (QED) is 0.772. The minimum atomic E-state index is -0.398. The first-order valence-corrected chi connectivity index (χ1v) is 8.98. The van der Waals surface area contributed by atoms with Gasteiger partial charge in [-0.1, -0.05) is 22.9 Å². The Balaban J connectivity index is 1.76. The van der Waals surface area contributed by atoms with Crippen LogP contribution >= 0.6 is 15.9 Å². The molecule has 1 aromatic rings. The molecule has 1 unspecified atom stereocenters. The normalized spacial score (nSPS) is 19.8. The van der Waals surface area contributed by atoms with Crippen molar-refractivity contribution >= 4 is 33.7 Å². The largest absolute Gasteiger partial charge is 0.337 e. The van der Waals surface area contributed by atoms with E-state index in [4.69, 9.17) is 0 Å². The molecule has 1 atom stereocenters. The Morgan fingerprint density at radius 3 is 2.75 bits per heavy atom. The lowest BCUT2D eigenvalue weighted by atomic mass is 10.1. The van der Waals surface area contributed by atoms with Crippen molar-refractivity contribution in [1.29, 1.82) is 0 Å². The first-order chi connectivity index (χ1) is 11.5. The van der Waals surface area contributed by atoms with E-state index in [0.29, 0.717) is 17.7 Å². The highest BCUT2D eigenvalue weighted by molar-refractivity contribution is 9.10. The topological polar surface area (TPSA) is 69.7 Å². The van der Waals surface area contributed by atoms with Crippen LogP contribution in [0, 0.1) is 0 Å². The molecule has 7 heteroatoms. The molecule has 1 N–H and O–H groups in total. The number of nitrogens with one attached hydrogen (secondary N) is 1. The van der Waals surface area contributed by atoms with Gasteiger partial charge >= 0.3 is 0 Å². The Labute approximate surface area is 149 Å². The molecule has 2 aliphatic rings. The fraction of sp³-hybridized carbons (Fsp3) is 0.471. The van der Waals surface area contributed by atoms with E-state index in [2.05, 4.69) is 21.2 Å². The smallest absolute Gasteiger partial charge is 0.262 e. The Kier molecular flexibility index (Phi) is 5.01. The first kappa shape index (κ1) is 17.1. The summed E-state index contributed by atoms with van der Waals surface area (Å²) in [5.74, 6) is -0.957.